The van der Waals surface area contributed by atoms with Crippen LogP contribution in [0.1, 0.15) is 5.56 Å². The summed E-state index contributed by atoms with van der Waals surface area (Å²) in [7, 11) is 0. The van der Waals surface area contributed by atoms with Crippen LogP contribution in [0.25, 0.3) is 0 Å². The molecule has 0 aliphatic heterocycles. The molecule has 0 heterocycles. The highest BCUT2D eigenvalue weighted by Gasteiger charge is 2.76. The molecule has 3 nitrogen and oxygen atoms in total. The number of hydrogen-bond acceptors (Lipinski definition) is 3. The van der Waals surface area contributed by atoms with Crippen LogP contribution in [0.5, 0.6) is 5.75 Å². The summed E-state index contributed by atoms with van der Waals surface area (Å²) in [5.74, 6) is -3.41. The van der Waals surface area contributed by atoms with Gasteiger partial charge in [-0.25, -0.2) is 4.79 Å². The van der Waals surface area contributed by atoms with Crippen LogP contribution in [0.15, 0.2) is 24.3 Å². The van der Waals surface area contributed by atoms with Crippen molar-refractivity contribution >= 4 is 5.97 Å². The Morgan fingerprint density at radius 1 is 1.00 bits per heavy atom. The standard InChI is InChI=1S/C11H8F6O3/c1-6-2-4-7(5-3-6)20-8(18)9(19,10(12,13)14)11(15,16)17/h2-5,19H,1H3. The highest BCUT2D eigenvalue weighted by Crippen LogP contribution is 2.43. The Kier molecular flexibility index (Phi) is 4.04. The minimum absolute atomic E-state index is 0.549. The lowest BCUT2D eigenvalue weighted by Crippen LogP contribution is -2.63. The smallest absolute Gasteiger partial charge is 0.424 e. The monoisotopic (exact) mass is 302 g/mol. The van der Waals surface area contributed by atoms with Gasteiger partial charge in [0.25, 0.3) is 0 Å². The van der Waals surface area contributed by atoms with Gasteiger partial charge in [-0.05, 0) is 19.1 Å². The molecule has 0 unspecified atom stereocenters. The van der Waals surface area contributed by atoms with Crippen LogP contribution in [-0.2, 0) is 4.79 Å². The van der Waals surface area contributed by atoms with Crippen LogP contribution in [0.4, 0.5) is 26.3 Å². The number of ether oxygens (including phenoxy) is 1. The SMILES string of the molecule is Cc1ccc(OC(=O)C(O)(C(F)(F)F)C(F)(F)F)cc1. The fraction of sp³-hybridized carbons (Fsp3) is 0.364. The lowest BCUT2D eigenvalue weighted by atomic mass is 10.0. The van der Waals surface area contributed by atoms with E-state index in [1.165, 1.54) is 12.1 Å². The quantitative estimate of drug-likeness (QED) is 0.519. The first-order chi connectivity index (χ1) is 8.89. The molecule has 0 aliphatic carbocycles. The van der Waals surface area contributed by atoms with Crippen molar-refractivity contribution in [3.63, 3.8) is 0 Å². The van der Waals surface area contributed by atoms with Crippen molar-refractivity contribution in [1.29, 1.82) is 0 Å². The summed E-state index contributed by atoms with van der Waals surface area (Å²) in [5.41, 5.74) is -4.93. The number of carbonyl (C=O) groups is 1. The average molecular weight is 302 g/mol. The van der Waals surface area contributed by atoms with Crippen LogP contribution in [0.2, 0.25) is 0 Å². The van der Waals surface area contributed by atoms with Gasteiger partial charge in [0.05, 0.1) is 0 Å². The first-order valence-electron chi connectivity index (χ1n) is 5.04. The van der Waals surface area contributed by atoms with Gasteiger partial charge >= 0.3 is 23.9 Å². The number of alkyl halides is 6. The molecule has 0 saturated carbocycles. The van der Waals surface area contributed by atoms with Crippen LogP contribution in [-0.4, -0.2) is 29.0 Å². The molecule has 9 heteroatoms. The molecule has 0 aliphatic rings. The fourth-order valence-electron chi connectivity index (χ4n) is 1.18. The number of benzene rings is 1. The van der Waals surface area contributed by atoms with Crippen molar-refractivity contribution in [2.45, 2.75) is 24.9 Å². The predicted octanol–water partition coefficient (Wildman–Crippen LogP) is 2.76. The van der Waals surface area contributed by atoms with Gasteiger partial charge in [-0.2, -0.15) is 26.3 Å². The largest absolute Gasteiger partial charge is 0.437 e. The number of rotatable bonds is 2. The van der Waals surface area contributed by atoms with Crippen LogP contribution in [0.3, 0.4) is 0 Å². The molecule has 0 atom stereocenters. The molecule has 0 bridgehead atoms. The minimum Gasteiger partial charge on any atom is -0.424 e. The molecule has 20 heavy (non-hydrogen) atoms. The van der Waals surface area contributed by atoms with Crippen molar-refractivity contribution in [2.24, 2.45) is 0 Å². The highest BCUT2D eigenvalue weighted by atomic mass is 19.4. The average Bonchev–Trinajstić information content (AvgIpc) is 2.28. The molecule has 0 saturated heterocycles. The second kappa shape index (κ2) is 4.97. The number of esters is 1. The van der Waals surface area contributed by atoms with Gasteiger partial charge in [-0.15, -0.1) is 0 Å². The maximum absolute atomic E-state index is 12.3. The zero-order chi connectivity index (χ0) is 15.8. The summed E-state index contributed by atoms with van der Waals surface area (Å²) < 4.78 is 78.0. The highest BCUT2D eigenvalue weighted by molar-refractivity contribution is 5.83. The third kappa shape index (κ3) is 2.87. The topological polar surface area (TPSA) is 46.5 Å². The first kappa shape index (κ1) is 16.3. The molecule has 0 fully saturated rings. The summed E-state index contributed by atoms with van der Waals surface area (Å²) in [5, 5.41) is 8.74. The zero-order valence-electron chi connectivity index (χ0n) is 9.84. The van der Waals surface area contributed by atoms with E-state index in [0.29, 0.717) is 5.56 Å². The summed E-state index contributed by atoms with van der Waals surface area (Å²) in [6, 6.07) is 4.62. The summed E-state index contributed by atoms with van der Waals surface area (Å²) in [6.45, 7) is 1.60. The molecule has 0 amide bonds. The van der Waals surface area contributed by atoms with E-state index in [-0.39, 0.29) is 0 Å². The molecule has 112 valence electrons. The van der Waals surface area contributed by atoms with E-state index in [0.717, 1.165) is 12.1 Å². The molecular weight excluding hydrogens is 294 g/mol. The third-order valence-corrected chi connectivity index (χ3v) is 2.35. The fourth-order valence-corrected chi connectivity index (χ4v) is 1.18. The molecule has 1 N–H and O–H groups in total. The van der Waals surface area contributed by atoms with Crippen LogP contribution >= 0.6 is 0 Å². The van der Waals surface area contributed by atoms with Crippen molar-refractivity contribution in [1.82, 2.24) is 0 Å². The lowest BCUT2D eigenvalue weighted by molar-refractivity contribution is -0.354. The molecule has 0 aromatic heterocycles. The number of aryl methyl sites for hydroxylation is 1. The van der Waals surface area contributed by atoms with E-state index in [4.69, 9.17) is 5.11 Å². The number of hydrogen-bond donors (Lipinski definition) is 1. The first-order valence-corrected chi connectivity index (χ1v) is 5.04. The van der Waals surface area contributed by atoms with Gasteiger partial charge in [0.2, 0.25) is 0 Å². The predicted molar refractivity (Wildman–Crippen MR) is 53.9 cm³/mol. The number of carbonyl (C=O) groups excluding carboxylic acids is 1. The Balaban J connectivity index is 3.11. The molecule has 1 aromatic rings. The number of aliphatic hydroxyl groups is 1. The summed E-state index contributed by atoms with van der Waals surface area (Å²) >= 11 is 0. The Morgan fingerprint density at radius 2 is 1.40 bits per heavy atom. The summed E-state index contributed by atoms with van der Waals surface area (Å²) in [6.07, 6.45) is -12.5. The van der Waals surface area contributed by atoms with E-state index in [1.54, 1.807) is 6.92 Å². The lowest BCUT2D eigenvalue weighted by Gasteiger charge is -2.29. The summed E-state index contributed by atoms with van der Waals surface area (Å²) in [4.78, 5) is 11.1. The molecule has 0 spiro atoms. The van der Waals surface area contributed by atoms with Gasteiger partial charge in [0.1, 0.15) is 5.75 Å². The van der Waals surface area contributed by atoms with Gasteiger partial charge in [0, 0.05) is 0 Å². The van der Waals surface area contributed by atoms with Gasteiger partial charge in [-0.1, -0.05) is 17.7 Å². The van der Waals surface area contributed by atoms with Crippen LogP contribution in [0, 0.1) is 6.92 Å². The van der Waals surface area contributed by atoms with Crippen molar-refractivity contribution in [3.05, 3.63) is 29.8 Å². The molecule has 1 rings (SSSR count). The Labute approximate surface area is 108 Å². The molecule has 1 aromatic carbocycles. The molecular formula is C11H8F6O3. The zero-order valence-corrected chi connectivity index (χ0v) is 9.84. The van der Waals surface area contributed by atoms with Crippen molar-refractivity contribution in [2.75, 3.05) is 0 Å². The third-order valence-electron chi connectivity index (χ3n) is 2.35. The second-order valence-electron chi connectivity index (χ2n) is 3.91. The van der Waals surface area contributed by atoms with Gasteiger partial charge in [0.15, 0.2) is 0 Å². The van der Waals surface area contributed by atoms with Crippen molar-refractivity contribution in [3.8, 4) is 5.75 Å². The Hall–Kier alpha value is -1.77. The second-order valence-corrected chi connectivity index (χ2v) is 3.91. The van der Waals surface area contributed by atoms with E-state index < -0.39 is 29.7 Å². The number of halogens is 6. The maximum atomic E-state index is 12.3. The Morgan fingerprint density at radius 3 is 1.75 bits per heavy atom. The van der Waals surface area contributed by atoms with E-state index in [2.05, 4.69) is 4.74 Å². The minimum atomic E-state index is -6.26. The maximum Gasteiger partial charge on any atom is 0.437 e. The van der Waals surface area contributed by atoms with Gasteiger partial charge in [-0.3, -0.25) is 0 Å². The normalized spacial score (nSPS) is 13.2. The van der Waals surface area contributed by atoms with Gasteiger partial charge < -0.3 is 9.84 Å². The van der Waals surface area contributed by atoms with Crippen molar-refractivity contribution < 1.29 is 41.0 Å². The van der Waals surface area contributed by atoms with Crippen LogP contribution < -0.4 is 4.74 Å². The Bertz CT molecular complexity index is 474. The molecule has 0 radical (unpaired) electrons. The van der Waals surface area contributed by atoms with E-state index in [1.807, 2.05) is 0 Å². The van der Waals surface area contributed by atoms with E-state index in [9.17, 15) is 31.1 Å². The van der Waals surface area contributed by atoms with E-state index >= 15 is 0 Å².